The highest BCUT2D eigenvalue weighted by Crippen LogP contribution is 2.35. The van der Waals surface area contributed by atoms with Gasteiger partial charge in [0, 0.05) is 62.4 Å². The molecule has 1 amide bonds. The van der Waals surface area contributed by atoms with Crippen LogP contribution in [-0.2, 0) is 10.7 Å². The van der Waals surface area contributed by atoms with E-state index < -0.39 is 29.8 Å². The molecule has 4 rings (SSSR count). The van der Waals surface area contributed by atoms with E-state index in [9.17, 15) is 22.4 Å². The summed E-state index contributed by atoms with van der Waals surface area (Å²) < 4.78 is 62.4. The molecule has 1 fully saturated rings. The van der Waals surface area contributed by atoms with Gasteiger partial charge in [-0.1, -0.05) is 0 Å². The summed E-state index contributed by atoms with van der Waals surface area (Å²) in [5.74, 6) is -4.00. The minimum atomic E-state index is -3.20. The SMILES string of the molecule is CC1=C(c2ccc(OC(F)F)nc2)CC(NC(=O)c2ccnc(C(C)(F)F)c2)(N2CCOCC2)C=N1. The van der Waals surface area contributed by atoms with Gasteiger partial charge in [0.1, 0.15) is 11.4 Å². The zero-order chi connectivity index (χ0) is 25.9. The fourth-order valence-corrected chi connectivity index (χ4v) is 4.15. The second kappa shape index (κ2) is 10.3. The Morgan fingerprint density at radius 3 is 2.61 bits per heavy atom. The molecule has 0 spiro atoms. The molecule has 2 aliphatic rings. The molecule has 192 valence electrons. The Bertz CT molecular complexity index is 1160. The summed E-state index contributed by atoms with van der Waals surface area (Å²) in [6.45, 7) is 1.37. The van der Waals surface area contributed by atoms with E-state index in [1.165, 1.54) is 24.5 Å². The number of nitrogens with one attached hydrogen (secondary N) is 1. The molecule has 0 bridgehead atoms. The number of pyridine rings is 2. The molecule has 8 nitrogen and oxygen atoms in total. The normalized spacial score (nSPS) is 21.1. The van der Waals surface area contributed by atoms with Crippen molar-refractivity contribution in [1.82, 2.24) is 20.2 Å². The molecule has 36 heavy (non-hydrogen) atoms. The molecule has 0 saturated carbocycles. The van der Waals surface area contributed by atoms with Crippen LogP contribution in [0.5, 0.6) is 5.88 Å². The van der Waals surface area contributed by atoms with Crippen molar-refractivity contribution in [3.63, 3.8) is 0 Å². The number of nitrogens with zero attached hydrogens (tertiary/aromatic N) is 4. The first-order valence-corrected chi connectivity index (χ1v) is 11.2. The zero-order valence-electron chi connectivity index (χ0n) is 19.7. The van der Waals surface area contributed by atoms with E-state index in [2.05, 4.69) is 25.0 Å². The van der Waals surface area contributed by atoms with Crippen molar-refractivity contribution in [2.24, 2.45) is 4.99 Å². The van der Waals surface area contributed by atoms with Crippen LogP contribution in [0.3, 0.4) is 0 Å². The summed E-state index contributed by atoms with van der Waals surface area (Å²) in [5.41, 5.74) is 0.443. The van der Waals surface area contributed by atoms with Crippen LogP contribution in [-0.4, -0.2) is 65.6 Å². The Kier molecular flexibility index (Phi) is 7.36. The summed E-state index contributed by atoms with van der Waals surface area (Å²) in [6, 6.07) is 5.36. The lowest BCUT2D eigenvalue weighted by atomic mass is 9.90. The highest BCUT2D eigenvalue weighted by molar-refractivity contribution is 5.98. The van der Waals surface area contributed by atoms with Crippen molar-refractivity contribution in [2.75, 3.05) is 26.3 Å². The number of morpholine rings is 1. The molecule has 1 unspecified atom stereocenters. The Morgan fingerprint density at radius 2 is 1.97 bits per heavy atom. The molecule has 0 aromatic carbocycles. The third-order valence-electron chi connectivity index (χ3n) is 6.03. The maximum atomic E-state index is 13.8. The second-order valence-corrected chi connectivity index (χ2v) is 8.56. The molecule has 1 atom stereocenters. The maximum Gasteiger partial charge on any atom is 0.388 e. The lowest BCUT2D eigenvalue weighted by Crippen LogP contribution is -2.65. The standard InChI is InChI=1S/C24H25F4N5O3/c1-15-18(17-3-4-20(30-13-17)36-22(25)26)12-24(14-31-15,33-7-9-35-10-8-33)32-21(34)16-5-6-29-19(11-16)23(2,27)28/h3-6,11,13-14,22H,7-10,12H2,1-2H3,(H,32,34). The van der Waals surface area contributed by atoms with Gasteiger partial charge in [-0.15, -0.1) is 0 Å². The summed E-state index contributed by atoms with van der Waals surface area (Å²) >= 11 is 0. The number of allylic oxidation sites excluding steroid dienone is 1. The van der Waals surface area contributed by atoms with Gasteiger partial charge in [-0.3, -0.25) is 19.7 Å². The smallest absolute Gasteiger partial charge is 0.388 e. The van der Waals surface area contributed by atoms with Gasteiger partial charge in [0.05, 0.1) is 13.2 Å². The van der Waals surface area contributed by atoms with Gasteiger partial charge in [0.2, 0.25) is 5.88 Å². The lowest BCUT2D eigenvalue weighted by Gasteiger charge is -2.45. The third kappa shape index (κ3) is 5.71. The van der Waals surface area contributed by atoms with Crippen LogP contribution >= 0.6 is 0 Å². The Balaban J connectivity index is 1.65. The maximum absolute atomic E-state index is 13.8. The van der Waals surface area contributed by atoms with Gasteiger partial charge in [-0.05, 0) is 36.3 Å². The van der Waals surface area contributed by atoms with Crippen LogP contribution in [0, 0.1) is 0 Å². The Labute approximate surface area is 205 Å². The van der Waals surface area contributed by atoms with Gasteiger partial charge in [0.15, 0.2) is 0 Å². The molecule has 2 aromatic heterocycles. The molecule has 1 N–H and O–H groups in total. The third-order valence-corrected chi connectivity index (χ3v) is 6.03. The number of halogens is 4. The van der Waals surface area contributed by atoms with E-state index in [1.54, 1.807) is 19.2 Å². The molecule has 2 aromatic rings. The van der Waals surface area contributed by atoms with Crippen molar-refractivity contribution < 1.29 is 31.8 Å². The van der Waals surface area contributed by atoms with E-state index in [1.807, 2.05) is 4.90 Å². The van der Waals surface area contributed by atoms with Crippen molar-refractivity contribution in [3.05, 3.63) is 59.2 Å². The first-order valence-electron chi connectivity index (χ1n) is 11.2. The van der Waals surface area contributed by atoms with Gasteiger partial charge < -0.3 is 14.8 Å². The number of ether oxygens (including phenoxy) is 2. The molecule has 1 saturated heterocycles. The quantitative estimate of drug-likeness (QED) is 0.573. The topological polar surface area (TPSA) is 88.9 Å². The van der Waals surface area contributed by atoms with Gasteiger partial charge >= 0.3 is 6.61 Å². The first-order chi connectivity index (χ1) is 17.1. The number of carbonyl (C=O) groups excluding carboxylic acids is 1. The Hall–Kier alpha value is -3.38. The van der Waals surface area contributed by atoms with Gasteiger partial charge in [-0.25, -0.2) is 4.98 Å². The van der Waals surface area contributed by atoms with Crippen molar-refractivity contribution in [3.8, 4) is 5.88 Å². The minimum absolute atomic E-state index is 0.0329. The zero-order valence-corrected chi connectivity index (χ0v) is 19.7. The van der Waals surface area contributed by atoms with Crippen LogP contribution in [0.4, 0.5) is 17.6 Å². The summed E-state index contributed by atoms with van der Waals surface area (Å²) in [5, 5.41) is 2.99. The van der Waals surface area contributed by atoms with Crippen LogP contribution in [0.15, 0.2) is 47.3 Å². The minimum Gasteiger partial charge on any atom is -0.417 e. The molecule has 0 radical (unpaired) electrons. The first kappa shape index (κ1) is 25.7. The fraction of sp³-hybridized carbons (Fsp3) is 0.417. The van der Waals surface area contributed by atoms with Gasteiger partial charge in [-0.2, -0.15) is 17.6 Å². The number of alkyl halides is 4. The van der Waals surface area contributed by atoms with E-state index in [0.29, 0.717) is 44.5 Å². The summed E-state index contributed by atoms with van der Waals surface area (Å²) in [6.07, 6.45) is 4.48. The van der Waals surface area contributed by atoms with Crippen molar-refractivity contribution in [1.29, 1.82) is 0 Å². The van der Waals surface area contributed by atoms with E-state index >= 15 is 0 Å². The average Bonchev–Trinajstić information content (AvgIpc) is 2.85. The number of rotatable bonds is 7. The number of hydrogen-bond acceptors (Lipinski definition) is 7. The predicted molar refractivity (Wildman–Crippen MR) is 123 cm³/mol. The molecule has 2 aliphatic heterocycles. The molecular weight excluding hydrogens is 482 g/mol. The van der Waals surface area contributed by atoms with Crippen LogP contribution in [0.1, 0.15) is 41.9 Å². The number of amides is 1. The monoisotopic (exact) mass is 507 g/mol. The Morgan fingerprint density at radius 1 is 1.22 bits per heavy atom. The summed E-state index contributed by atoms with van der Waals surface area (Å²) in [4.78, 5) is 27.5. The second-order valence-electron chi connectivity index (χ2n) is 8.56. The highest BCUT2D eigenvalue weighted by Gasteiger charge is 2.41. The highest BCUT2D eigenvalue weighted by atomic mass is 19.3. The largest absolute Gasteiger partial charge is 0.417 e. The van der Waals surface area contributed by atoms with E-state index in [-0.39, 0.29) is 17.9 Å². The van der Waals surface area contributed by atoms with Gasteiger partial charge in [0.25, 0.3) is 11.8 Å². The van der Waals surface area contributed by atoms with E-state index in [4.69, 9.17) is 4.74 Å². The molecule has 0 aliphatic carbocycles. The van der Waals surface area contributed by atoms with Crippen LogP contribution in [0.2, 0.25) is 0 Å². The number of aromatic nitrogens is 2. The predicted octanol–water partition coefficient (Wildman–Crippen LogP) is 3.85. The fourth-order valence-electron chi connectivity index (χ4n) is 4.15. The van der Waals surface area contributed by atoms with Crippen LogP contribution in [0.25, 0.3) is 5.57 Å². The molecule has 4 heterocycles. The number of aliphatic imine (C=N–C) groups is 1. The number of hydrogen-bond donors (Lipinski definition) is 1. The van der Waals surface area contributed by atoms with Crippen molar-refractivity contribution in [2.45, 2.75) is 38.5 Å². The summed E-state index contributed by atoms with van der Waals surface area (Å²) in [7, 11) is 0. The lowest BCUT2D eigenvalue weighted by molar-refractivity contribution is -0.0528. The van der Waals surface area contributed by atoms with Crippen LogP contribution < -0.4 is 10.1 Å². The molecule has 12 heteroatoms. The number of carbonyl (C=O) groups is 1. The molecular formula is C24H25F4N5O3. The van der Waals surface area contributed by atoms with Crippen molar-refractivity contribution >= 4 is 17.7 Å². The van der Waals surface area contributed by atoms with E-state index in [0.717, 1.165) is 11.6 Å². The average molecular weight is 507 g/mol.